The van der Waals surface area contributed by atoms with Gasteiger partial charge in [0.1, 0.15) is 0 Å². The van der Waals surface area contributed by atoms with Crippen molar-refractivity contribution in [2.45, 2.75) is 86.2 Å². The molecule has 0 bridgehead atoms. The van der Waals surface area contributed by atoms with Crippen molar-refractivity contribution < 1.29 is 15.0 Å². The minimum atomic E-state index is -0.459. The number of ketones is 1. The molecule has 0 aromatic carbocycles. The molecule has 0 amide bonds. The molecule has 0 heterocycles. The van der Waals surface area contributed by atoms with E-state index in [1.54, 1.807) is 0 Å². The quantitative estimate of drug-likeness (QED) is 0.498. The van der Waals surface area contributed by atoms with E-state index in [4.69, 9.17) is 0 Å². The Bertz CT molecular complexity index is 760. The predicted molar refractivity (Wildman–Crippen MR) is 127 cm³/mol. The number of carbonyl (C=O) groups excluding carboxylic acids is 1. The maximum Gasteiger partial charge on any atom is 0.169 e. The van der Waals surface area contributed by atoms with Crippen LogP contribution in [0.3, 0.4) is 0 Å². The van der Waals surface area contributed by atoms with Crippen LogP contribution in [0.2, 0.25) is 0 Å². The lowest BCUT2D eigenvalue weighted by Gasteiger charge is -2.44. The third-order valence-electron chi connectivity index (χ3n) is 9.21. The number of hydrogen-bond acceptors (Lipinski definition) is 3. The Morgan fingerprint density at radius 2 is 1.81 bits per heavy atom. The number of aliphatic hydroxyl groups excluding tert-OH is 2. The zero-order valence-corrected chi connectivity index (χ0v) is 20.5. The van der Waals surface area contributed by atoms with Gasteiger partial charge in [0.15, 0.2) is 5.78 Å². The van der Waals surface area contributed by atoms with Gasteiger partial charge in [0.05, 0.1) is 11.5 Å². The van der Waals surface area contributed by atoms with Crippen molar-refractivity contribution in [3.63, 3.8) is 0 Å². The Morgan fingerprint density at radius 3 is 2.45 bits per heavy atom. The first-order valence-electron chi connectivity index (χ1n) is 12.5. The second kappa shape index (κ2) is 9.35. The molecular formula is C28H44O3. The van der Waals surface area contributed by atoms with Crippen molar-refractivity contribution in [2.24, 2.45) is 40.4 Å². The van der Waals surface area contributed by atoms with E-state index in [2.05, 4.69) is 65.8 Å². The number of rotatable bonds is 7. The summed E-state index contributed by atoms with van der Waals surface area (Å²) >= 11 is 0. The van der Waals surface area contributed by atoms with E-state index in [0.29, 0.717) is 36.5 Å². The van der Waals surface area contributed by atoms with Crippen molar-refractivity contribution in [3.8, 4) is 0 Å². The van der Waals surface area contributed by atoms with Gasteiger partial charge in [-0.3, -0.25) is 4.79 Å². The van der Waals surface area contributed by atoms with Gasteiger partial charge in [0, 0.05) is 6.61 Å². The van der Waals surface area contributed by atoms with E-state index < -0.39 is 5.41 Å². The second-order valence-corrected chi connectivity index (χ2v) is 11.4. The van der Waals surface area contributed by atoms with E-state index in [0.717, 1.165) is 36.8 Å². The summed E-state index contributed by atoms with van der Waals surface area (Å²) in [6, 6.07) is 0. The first-order valence-corrected chi connectivity index (χ1v) is 12.5. The molecule has 2 saturated carbocycles. The molecule has 0 spiro atoms. The van der Waals surface area contributed by atoms with Crippen molar-refractivity contribution >= 4 is 5.78 Å². The first-order chi connectivity index (χ1) is 14.5. The average Bonchev–Trinajstić information content (AvgIpc) is 3.04. The third kappa shape index (κ3) is 4.50. The predicted octanol–water partition coefficient (Wildman–Crippen LogP) is 5.87. The molecule has 3 rings (SSSR count). The Hall–Kier alpha value is -1.19. The highest BCUT2D eigenvalue weighted by molar-refractivity contribution is 6.04. The number of fused-ring (bicyclic) bond motifs is 1. The van der Waals surface area contributed by atoms with Crippen LogP contribution in [0.15, 0.2) is 35.5 Å². The van der Waals surface area contributed by atoms with Crippen LogP contribution < -0.4 is 0 Å². The highest BCUT2D eigenvalue weighted by Crippen LogP contribution is 2.58. The van der Waals surface area contributed by atoms with Crippen LogP contribution in [0.4, 0.5) is 0 Å². The van der Waals surface area contributed by atoms with Crippen LogP contribution >= 0.6 is 0 Å². The molecular weight excluding hydrogens is 384 g/mol. The zero-order chi connectivity index (χ0) is 23.0. The zero-order valence-electron chi connectivity index (χ0n) is 20.5. The van der Waals surface area contributed by atoms with Gasteiger partial charge in [-0.1, -0.05) is 64.5 Å². The van der Waals surface area contributed by atoms with Gasteiger partial charge in [-0.05, 0) is 86.0 Å². The summed E-state index contributed by atoms with van der Waals surface area (Å²) in [6.45, 7) is 13.6. The molecule has 3 aliphatic carbocycles. The lowest BCUT2D eigenvalue weighted by molar-refractivity contribution is -0.125. The van der Waals surface area contributed by atoms with E-state index in [-0.39, 0.29) is 29.8 Å². The lowest BCUT2D eigenvalue weighted by atomic mass is 9.59. The molecule has 3 aliphatic rings. The summed E-state index contributed by atoms with van der Waals surface area (Å²) in [5.41, 5.74) is 1.52. The maximum atomic E-state index is 13.8. The number of carbonyl (C=O) groups is 1. The largest absolute Gasteiger partial charge is 0.396 e. The molecule has 0 aromatic heterocycles. The summed E-state index contributed by atoms with van der Waals surface area (Å²) in [6.07, 6.45) is 13.5. The van der Waals surface area contributed by atoms with Crippen LogP contribution in [-0.4, -0.2) is 28.7 Å². The van der Waals surface area contributed by atoms with Crippen LogP contribution in [0.25, 0.3) is 0 Å². The minimum absolute atomic E-state index is 0.0864. The molecule has 31 heavy (non-hydrogen) atoms. The molecule has 7 unspecified atom stereocenters. The van der Waals surface area contributed by atoms with Gasteiger partial charge < -0.3 is 10.2 Å². The second-order valence-electron chi connectivity index (χ2n) is 11.4. The van der Waals surface area contributed by atoms with Crippen LogP contribution in [0.5, 0.6) is 0 Å². The fourth-order valence-corrected chi connectivity index (χ4v) is 6.51. The van der Waals surface area contributed by atoms with Crippen molar-refractivity contribution in [2.75, 3.05) is 6.61 Å². The lowest BCUT2D eigenvalue weighted by Crippen LogP contribution is -2.43. The minimum Gasteiger partial charge on any atom is -0.396 e. The number of aliphatic hydroxyl groups is 2. The van der Waals surface area contributed by atoms with Crippen LogP contribution in [-0.2, 0) is 4.79 Å². The van der Waals surface area contributed by atoms with Gasteiger partial charge in [-0.25, -0.2) is 0 Å². The van der Waals surface area contributed by atoms with Crippen LogP contribution in [0, 0.1) is 40.4 Å². The highest BCUT2D eigenvalue weighted by atomic mass is 16.3. The average molecular weight is 429 g/mol. The number of allylic oxidation sites excluding steroid dienone is 5. The molecule has 0 saturated heterocycles. The van der Waals surface area contributed by atoms with Crippen molar-refractivity contribution in [1.29, 1.82) is 0 Å². The van der Waals surface area contributed by atoms with Gasteiger partial charge in [0.25, 0.3) is 0 Å². The SMILES string of the molecule is CC(C)C(C)C=CC(C)C1CCC(C2=CC=C3CC(O)CCC3(C)C2=O)C1(C)CCO. The third-order valence-corrected chi connectivity index (χ3v) is 9.21. The molecule has 2 N–H and O–H groups in total. The van der Waals surface area contributed by atoms with E-state index in [1.165, 1.54) is 0 Å². The summed E-state index contributed by atoms with van der Waals surface area (Å²) < 4.78 is 0. The Kier molecular flexibility index (Phi) is 7.38. The molecule has 0 aliphatic heterocycles. The summed E-state index contributed by atoms with van der Waals surface area (Å²) in [5, 5.41) is 20.1. The Morgan fingerprint density at radius 1 is 1.10 bits per heavy atom. The number of Topliss-reactive ketones (excluding diaryl/α,β-unsaturated/α-hetero) is 1. The maximum absolute atomic E-state index is 13.8. The van der Waals surface area contributed by atoms with Gasteiger partial charge in [0.2, 0.25) is 0 Å². The van der Waals surface area contributed by atoms with Crippen molar-refractivity contribution in [1.82, 2.24) is 0 Å². The monoisotopic (exact) mass is 428 g/mol. The fourth-order valence-electron chi connectivity index (χ4n) is 6.51. The molecule has 174 valence electrons. The standard InChI is InChI=1S/C28H44O3/c1-18(2)19(3)7-8-20(4)24-11-12-25(28(24,6)15-16-29)23-10-9-21-17-22(30)13-14-27(21,5)26(23)31/h7-10,18-20,22,24-25,29-30H,11-17H2,1-6H3. The molecule has 2 fully saturated rings. The first kappa shape index (κ1) is 24.5. The highest BCUT2D eigenvalue weighted by Gasteiger charge is 2.53. The Balaban J connectivity index is 1.89. The molecule has 0 aromatic rings. The summed E-state index contributed by atoms with van der Waals surface area (Å²) in [4.78, 5) is 13.8. The summed E-state index contributed by atoms with van der Waals surface area (Å²) in [7, 11) is 0. The molecule has 7 atom stereocenters. The molecule has 3 nitrogen and oxygen atoms in total. The normalized spacial score (nSPS) is 38.2. The van der Waals surface area contributed by atoms with E-state index >= 15 is 0 Å². The summed E-state index contributed by atoms with van der Waals surface area (Å²) in [5.74, 6) is 2.52. The number of hydrogen-bond donors (Lipinski definition) is 2. The topological polar surface area (TPSA) is 57.5 Å². The molecule has 3 heteroatoms. The van der Waals surface area contributed by atoms with Gasteiger partial charge in [-0.2, -0.15) is 0 Å². The van der Waals surface area contributed by atoms with Gasteiger partial charge >= 0.3 is 0 Å². The Labute approximate surface area is 189 Å². The molecule has 0 radical (unpaired) electrons. The van der Waals surface area contributed by atoms with Crippen molar-refractivity contribution in [3.05, 3.63) is 35.5 Å². The van der Waals surface area contributed by atoms with E-state index in [1.807, 2.05) is 0 Å². The van der Waals surface area contributed by atoms with Gasteiger partial charge in [-0.15, -0.1) is 0 Å². The smallest absolute Gasteiger partial charge is 0.169 e. The van der Waals surface area contributed by atoms with Crippen LogP contribution in [0.1, 0.15) is 80.1 Å². The fraction of sp³-hybridized carbons (Fsp3) is 0.750. The van der Waals surface area contributed by atoms with E-state index in [9.17, 15) is 15.0 Å².